The van der Waals surface area contributed by atoms with Crippen molar-refractivity contribution in [2.45, 2.75) is 20.8 Å². The molecule has 0 aromatic heterocycles. The van der Waals surface area contributed by atoms with Gasteiger partial charge in [-0.3, -0.25) is 0 Å². The summed E-state index contributed by atoms with van der Waals surface area (Å²) in [5.41, 5.74) is 4.00. The van der Waals surface area contributed by atoms with Crippen molar-refractivity contribution in [3.05, 3.63) is 53.1 Å². The summed E-state index contributed by atoms with van der Waals surface area (Å²) < 4.78 is 0. The number of aryl methyl sites for hydroxylation is 2. The van der Waals surface area contributed by atoms with Crippen LogP contribution in [0.1, 0.15) is 23.6 Å². The van der Waals surface area contributed by atoms with E-state index in [-0.39, 0.29) is 0 Å². The Morgan fingerprint density at radius 3 is 2.15 bits per heavy atom. The number of benzene rings is 1. The largest absolute Gasteiger partial charge is 0.0877 e. The zero-order valence-electron chi connectivity index (χ0n) is 8.54. The molecule has 0 nitrogen and oxygen atoms in total. The van der Waals surface area contributed by atoms with Crippen LogP contribution in [0, 0.1) is 13.8 Å². The SMILES string of the molecule is C/C=C/C=C/c1c(C)cccc1C. The van der Waals surface area contributed by atoms with Crippen LogP contribution in [0.25, 0.3) is 6.08 Å². The van der Waals surface area contributed by atoms with E-state index in [1.54, 1.807) is 0 Å². The fourth-order valence-electron chi connectivity index (χ4n) is 1.35. The summed E-state index contributed by atoms with van der Waals surface area (Å²) in [6.45, 7) is 6.31. The Balaban J connectivity index is 2.99. The van der Waals surface area contributed by atoms with Crippen LogP contribution >= 0.6 is 0 Å². The predicted octanol–water partition coefficient (Wildman–Crippen LogP) is 3.89. The van der Waals surface area contributed by atoms with E-state index >= 15 is 0 Å². The van der Waals surface area contributed by atoms with Gasteiger partial charge in [0.25, 0.3) is 0 Å². The maximum atomic E-state index is 2.16. The summed E-state index contributed by atoms with van der Waals surface area (Å²) in [4.78, 5) is 0. The molecule has 0 unspecified atom stereocenters. The van der Waals surface area contributed by atoms with Gasteiger partial charge < -0.3 is 0 Å². The van der Waals surface area contributed by atoms with Crippen molar-refractivity contribution in [1.82, 2.24) is 0 Å². The Kier molecular flexibility index (Phi) is 3.51. The lowest BCUT2D eigenvalue weighted by Crippen LogP contribution is -1.84. The predicted molar refractivity (Wildman–Crippen MR) is 59.8 cm³/mol. The zero-order chi connectivity index (χ0) is 9.68. The quantitative estimate of drug-likeness (QED) is 0.594. The topological polar surface area (TPSA) is 0 Å². The second-order valence-electron chi connectivity index (χ2n) is 3.19. The lowest BCUT2D eigenvalue weighted by molar-refractivity contribution is 1.36. The van der Waals surface area contributed by atoms with Gasteiger partial charge in [-0.1, -0.05) is 42.5 Å². The smallest absolute Gasteiger partial charge is 0.0198 e. The minimum atomic E-state index is 1.33. The third-order valence-corrected chi connectivity index (χ3v) is 2.11. The van der Waals surface area contributed by atoms with Crippen LogP contribution in [-0.4, -0.2) is 0 Å². The van der Waals surface area contributed by atoms with Crippen LogP contribution < -0.4 is 0 Å². The van der Waals surface area contributed by atoms with E-state index in [9.17, 15) is 0 Å². The molecule has 0 heteroatoms. The number of allylic oxidation sites excluding steroid dienone is 3. The van der Waals surface area contributed by atoms with Crippen LogP contribution in [-0.2, 0) is 0 Å². The molecule has 0 amide bonds. The van der Waals surface area contributed by atoms with E-state index in [0.29, 0.717) is 0 Å². The summed E-state index contributed by atoms with van der Waals surface area (Å²) in [5.74, 6) is 0. The molecular formula is C13H16. The summed E-state index contributed by atoms with van der Waals surface area (Å²) in [7, 11) is 0. The average Bonchev–Trinajstić information content (AvgIpc) is 2.10. The minimum absolute atomic E-state index is 1.33. The van der Waals surface area contributed by atoms with Crippen molar-refractivity contribution in [3.63, 3.8) is 0 Å². The summed E-state index contributed by atoms with van der Waals surface area (Å²) in [6.07, 6.45) is 8.32. The molecule has 0 aliphatic carbocycles. The second-order valence-corrected chi connectivity index (χ2v) is 3.19. The van der Waals surface area contributed by atoms with Crippen molar-refractivity contribution in [2.75, 3.05) is 0 Å². The van der Waals surface area contributed by atoms with Gasteiger partial charge in [0, 0.05) is 0 Å². The molecule has 0 saturated heterocycles. The van der Waals surface area contributed by atoms with Gasteiger partial charge in [-0.2, -0.15) is 0 Å². The van der Waals surface area contributed by atoms with E-state index in [1.807, 2.05) is 19.1 Å². The van der Waals surface area contributed by atoms with Crippen molar-refractivity contribution < 1.29 is 0 Å². The maximum Gasteiger partial charge on any atom is -0.0198 e. The second kappa shape index (κ2) is 4.66. The first-order valence-corrected chi connectivity index (χ1v) is 4.61. The normalized spacial score (nSPS) is 11.6. The fraction of sp³-hybridized carbons (Fsp3) is 0.231. The monoisotopic (exact) mass is 172 g/mol. The molecule has 0 bridgehead atoms. The van der Waals surface area contributed by atoms with Gasteiger partial charge in [0.1, 0.15) is 0 Å². The first-order chi connectivity index (χ1) is 6.25. The fourth-order valence-corrected chi connectivity index (χ4v) is 1.35. The highest BCUT2D eigenvalue weighted by molar-refractivity contribution is 5.58. The average molecular weight is 172 g/mol. The van der Waals surface area contributed by atoms with E-state index in [4.69, 9.17) is 0 Å². The molecule has 0 atom stereocenters. The highest BCUT2D eigenvalue weighted by Crippen LogP contribution is 2.14. The van der Waals surface area contributed by atoms with Crippen molar-refractivity contribution in [1.29, 1.82) is 0 Å². The summed E-state index contributed by atoms with van der Waals surface area (Å²) in [6, 6.07) is 6.38. The molecule has 0 fully saturated rings. The van der Waals surface area contributed by atoms with E-state index in [0.717, 1.165) is 0 Å². The molecule has 0 spiro atoms. The number of hydrogen-bond acceptors (Lipinski definition) is 0. The molecule has 0 N–H and O–H groups in total. The molecule has 13 heavy (non-hydrogen) atoms. The molecule has 0 aliphatic rings. The maximum absolute atomic E-state index is 2.16. The molecule has 1 aromatic carbocycles. The number of hydrogen-bond donors (Lipinski definition) is 0. The van der Waals surface area contributed by atoms with Crippen LogP contribution in [0.3, 0.4) is 0 Å². The van der Waals surface area contributed by atoms with Crippen LogP contribution in [0.15, 0.2) is 36.4 Å². The van der Waals surface area contributed by atoms with Crippen molar-refractivity contribution >= 4 is 6.08 Å². The van der Waals surface area contributed by atoms with Crippen LogP contribution in [0.2, 0.25) is 0 Å². The van der Waals surface area contributed by atoms with Crippen LogP contribution in [0.5, 0.6) is 0 Å². The standard InChI is InChI=1S/C13H16/c1-4-5-6-10-13-11(2)8-7-9-12(13)3/h4-10H,1-3H3/b5-4+,10-6+. The Labute approximate surface area is 80.6 Å². The third-order valence-electron chi connectivity index (χ3n) is 2.11. The van der Waals surface area contributed by atoms with E-state index < -0.39 is 0 Å². The Hall–Kier alpha value is -1.30. The molecule has 1 rings (SSSR count). The van der Waals surface area contributed by atoms with Gasteiger partial charge >= 0.3 is 0 Å². The molecule has 0 heterocycles. The Bertz CT molecular complexity index is 310. The van der Waals surface area contributed by atoms with E-state index in [2.05, 4.69) is 44.2 Å². The van der Waals surface area contributed by atoms with Gasteiger partial charge in [-0.25, -0.2) is 0 Å². The molecular weight excluding hydrogens is 156 g/mol. The third kappa shape index (κ3) is 2.59. The molecule has 1 aromatic rings. The van der Waals surface area contributed by atoms with Crippen molar-refractivity contribution in [3.8, 4) is 0 Å². The Morgan fingerprint density at radius 2 is 1.62 bits per heavy atom. The summed E-state index contributed by atoms with van der Waals surface area (Å²) >= 11 is 0. The van der Waals surface area contributed by atoms with Gasteiger partial charge in [-0.15, -0.1) is 0 Å². The minimum Gasteiger partial charge on any atom is -0.0877 e. The Morgan fingerprint density at radius 1 is 1.00 bits per heavy atom. The molecule has 0 aliphatic heterocycles. The zero-order valence-corrected chi connectivity index (χ0v) is 8.54. The highest BCUT2D eigenvalue weighted by atomic mass is 14.0. The molecule has 0 radical (unpaired) electrons. The van der Waals surface area contributed by atoms with Crippen LogP contribution in [0.4, 0.5) is 0 Å². The molecule has 68 valence electrons. The number of rotatable bonds is 2. The lowest BCUT2D eigenvalue weighted by Gasteiger charge is -2.03. The van der Waals surface area contributed by atoms with Gasteiger partial charge in [0.2, 0.25) is 0 Å². The van der Waals surface area contributed by atoms with Gasteiger partial charge in [0.15, 0.2) is 0 Å². The first kappa shape index (κ1) is 9.79. The molecule has 0 saturated carbocycles. The van der Waals surface area contributed by atoms with Gasteiger partial charge in [-0.05, 0) is 37.5 Å². The highest BCUT2D eigenvalue weighted by Gasteiger charge is 1.95. The van der Waals surface area contributed by atoms with E-state index in [1.165, 1.54) is 16.7 Å². The lowest BCUT2D eigenvalue weighted by atomic mass is 10.0. The van der Waals surface area contributed by atoms with Crippen molar-refractivity contribution in [2.24, 2.45) is 0 Å². The first-order valence-electron chi connectivity index (χ1n) is 4.61. The summed E-state index contributed by atoms with van der Waals surface area (Å²) in [5, 5.41) is 0. The van der Waals surface area contributed by atoms with Gasteiger partial charge in [0.05, 0.1) is 0 Å².